The first-order valence-electron chi connectivity index (χ1n) is 7.15. The summed E-state index contributed by atoms with van der Waals surface area (Å²) in [5.41, 5.74) is 1.42. The van der Waals surface area contributed by atoms with E-state index in [0.29, 0.717) is 23.7 Å². The molecule has 23 heavy (non-hydrogen) atoms. The molecule has 1 aliphatic rings. The summed E-state index contributed by atoms with van der Waals surface area (Å²) < 4.78 is 11.1. The molecule has 0 spiro atoms. The van der Waals surface area contributed by atoms with Crippen molar-refractivity contribution in [2.45, 2.75) is 18.9 Å². The fraction of sp³-hybridized carbons (Fsp3) is 0.235. The van der Waals surface area contributed by atoms with Crippen molar-refractivity contribution in [3.63, 3.8) is 0 Å². The maximum Gasteiger partial charge on any atom is 0.304 e. The van der Waals surface area contributed by atoms with Gasteiger partial charge in [0.25, 0.3) is 0 Å². The van der Waals surface area contributed by atoms with Gasteiger partial charge < -0.3 is 24.8 Å². The summed E-state index contributed by atoms with van der Waals surface area (Å²) in [6.45, 7) is 0.493. The Bertz CT molecular complexity index is 740. The minimum absolute atomic E-state index is 0.0124. The number of benzene rings is 2. The molecule has 2 aromatic rings. The number of aliphatic carboxylic acids is 1. The zero-order valence-electron chi connectivity index (χ0n) is 12.2. The lowest BCUT2D eigenvalue weighted by Crippen LogP contribution is -2.07. The lowest BCUT2D eigenvalue weighted by molar-refractivity contribution is -0.137. The highest BCUT2D eigenvalue weighted by Crippen LogP contribution is 2.38. The van der Waals surface area contributed by atoms with E-state index in [1.54, 1.807) is 18.2 Å². The van der Waals surface area contributed by atoms with Gasteiger partial charge in [0.2, 0.25) is 0 Å². The monoisotopic (exact) mass is 316 g/mol. The Labute approximate surface area is 132 Å². The number of carboxylic acid groups (broad SMARTS) is 1. The molecule has 2 aromatic carbocycles. The van der Waals surface area contributed by atoms with E-state index in [9.17, 15) is 15.0 Å². The van der Waals surface area contributed by atoms with E-state index >= 15 is 0 Å². The Balaban J connectivity index is 1.69. The number of fused-ring (bicyclic) bond motifs is 1. The van der Waals surface area contributed by atoms with Crippen LogP contribution < -0.4 is 9.47 Å². The van der Waals surface area contributed by atoms with Gasteiger partial charge >= 0.3 is 5.97 Å². The molecular weight excluding hydrogens is 300 g/mol. The number of hydrogen-bond acceptors (Lipinski definition) is 5. The summed E-state index contributed by atoms with van der Waals surface area (Å²) in [6, 6.07) is 9.58. The number of rotatable bonds is 5. The van der Waals surface area contributed by atoms with Gasteiger partial charge in [0, 0.05) is 29.2 Å². The van der Waals surface area contributed by atoms with E-state index < -0.39 is 5.97 Å². The molecule has 6 nitrogen and oxygen atoms in total. The molecular formula is C17H16O6. The number of phenols is 2. The van der Waals surface area contributed by atoms with Crippen LogP contribution in [0, 0.1) is 0 Å². The van der Waals surface area contributed by atoms with E-state index in [4.69, 9.17) is 14.6 Å². The first kappa shape index (κ1) is 15.0. The summed E-state index contributed by atoms with van der Waals surface area (Å²) in [6.07, 6.45) is 0.0363. The van der Waals surface area contributed by atoms with Crippen LogP contribution in [0.3, 0.4) is 0 Å². The van der Waals surface area contributed by atoms with Crippen molar-refractivity contribution in [2.75, 3.05) is 6.61 Å². The predicted molar refractivity (Wildman–Crippen MR) is 81.0 cm³/mol. The fourth-order valence-electron chi connectivity index (χ4n) is 2.56. The van der Waals surface area contributed by atoms with Gasteiger partial charge in [-0.2, -0.15) is 0 Å². The van der Waals surface area contributed by atoms with Crippen LogP contribution in [0.15, 0.2) is 36.4 Å². The number of hydrogen-bond donors (Lipinski definition) is 3. The molecule has 1 aliphatic heterocycles. The van der Waals surface area contributed by atoms with Crippen LogP contribution in [0.25, 0.3) is 0 Å². The van der Waals surface area contributed by atoms with Gasteiger partial charge in [-0.05, 0) is 18.2 Å². The lowest BCUT2D eigenvalue weighted by Gasteiger charge is -2.10. The van der Waals surface area contributed by atoms with Crippen molar-refractivity contribution >= 4 is 5.97 Å². The van der Waals surface area contributed by atoms with Crippen molar-refractivity contribution < 1.29 is 29.6 Å². The van der Waals surface area contributed by atoms with Crippen molar-refractivity contribution in [1.29, 1.82) is 0 Å². The zero-order valence-corrected chi connectivity index (χ0v) is 12.2. The molecule has 1 atom stereocenters. The molecule has 120 valence electrons. The van der Waals surface area contributed by atoms with Gasteiger partial charge in [-0.3, -0.25) is 4.79 Å². The highest BCUT2D eigenvalue weighted by atomic mass is 16.5. The largest absolute Gasteiger partial charge is 0.508 e. The summed E-state index contributed by atoms with van der Waals surface area (Å²) in [5.74, 6) is 0.147. The summed E-state index contributed by atoms with van der Waals surface area (Å²) in [5, 5.41) is 27.9. The van der Waals surface area contributed by atoms with Gasteiger partial charge in [0.1, 0.15) is 29.6 Å². The fourth-order valence-corrected chi connectivity index (χ4v) is 2.56. The third-order valence-corrected chi connectivity index (χ3v) is 3.75. The molecule has 0 bridgehead atoms. The first-order chi connectivity index (χ1) is 11.0. The van der Waals surface area contributed by atoms with E-state index in [0.717, 1.165) is 5.56 Å². The average Bonchev–Trinajstić information content (AvgIpc) is 2.88. The third-order valence-electron chi connectivity index (χ3n) is 3.75. The standard InChI is InChI=1S/C17H16O6/c18-12-2-1-10(15(19)6-12)8-22-13-3-4-14-11(5-17(20)21)9-23-16(14)7-13/h1-4,6-7,11,18-19H,5,8-9H2,(H,20,21). The van der Waals surface area contributed by atoms with Crippen molar-refractivity contribution in [3.8, 4) is 23.0 Å². The van der Waals surface area contributed by atoms with Crippen LogP contribution in [-0.4, -0.2) is 27.9 Å². The van der Waals surface area contributed by atoms with Crippen LogP contribution >= 0.6 is 0 Å². The first-order valence-corrected chi connectivity index (χ1v) is 7.15. The van der Waals surface area contributed by atoms with E-state index in [-0.39, 0.29) is 30.4 Å². The molecule has 0 aromatic heterocycles. The van der Waals surface area contributed by atoms with Crippen molar-refractivity contribution in [3.05, 3.63) is 47.5 Å². The van der Waals surface area contributed by atoms with Crippen molar-refractivity contribution in [2.24, 2.45) is 0 Å². The molecule has 3 rings (SSSR count). The topological polar surface area (TPSA) is 96.2 Å². The number of ether oxygens (including phenoxy) is 2. The van der Waals surface area contributed by atoms with E-state index in [1.807, 2.05) is 6.07 Å². The average molecular weight is 316 g/mol. The smallest absolute Gasteiger partial charge is 0.304 e. The second kappa shape index (κ2) is 6.08. The maximum absolute atomic E-state index is 10.8. The van der Waals surface area contributed by atoms with Gasteiger partial charge in [-0.25, -0.2) is 0 Å². The number of aromatic hydroxyl groups is 2. The number of carbonyl (C=O) groups is 1. The molecule has 1 heterocycles. The molecule has 0 saturated heterocycles. The molecule has 6 heteroatoms. The lowest BCUT2D eigenvalue weighted by atomic mass is 9.98. The van der Waals surface area contributed by atoms with Gasteiger partial charge in [-0.15, -0.1) is 0 Å². The van der Waals surface area contributed by atoms with Gasteiger partial charge in [0.05, 0.1) is 13.0 Å². The Hall–Kier alpha value is -2.89. The third kappa shape index (κ3) is 3.31. The minimum Gasteiger partial charge on any atom is -0.508 e. The second-order valence-electron chi connectivity index (χ2n) is 5.41. The van der Waals surface area contributed by atoms with Crippen LogP contribution in [-0.2, 0) is 11.4 Å². The van der Waals surface area contributed by atoms with E-state index in [2.05, 4.69) is 0 Å². The summed E-state index contributed by atoms with van der Waals surface area (Å²) in [7, 11) is 0. The molecule has 0 amide bonds. The van der Waals surface area contributed by atoms with Crippen LogP contribution in [0.1, 0.15) is 23.5 Å². The highest BCUT2D eigenvalue weighted by Gasteiger charge is 2.26. The Morgan fingerprint density at radius 3 is 2.78 bits per heavy atom. The van der Waals surface area contributed by atoms with Gasteiger partial charge in [0.15, 0.2) is 0 Å². The Morgan fingerprint density at radius 1 is 1.22 bits per heavy atom. The summed E-state index contributed by atoms with van der Waals surface area (Å²) in [4.78, 5) is 10.8. The quantitative estimate of drug-likeness (QED) is 0.784. The normalized spacial score (nSPS) is 15.7. The van der Waals surface area contributed by atoms with E-state index in [1.165, 1.54) is 12.1 Å². The molecule has 3 N–H and O–H groups in total. The number of carboxylic acids is 1. The van der Waals surface area contributed by atoms with Gasteiger partial charge in [-0.1, -0.05) is 6.07 Å². The minimum atomic E-state index is -0.852. The molecule has 0 aliphatic carbocycles. The number of phenolic OH excluding ortho intramolecular Hbond substituents is 2. The molecule has 0 saturated carbocycles. The molecule has 0 radical (unpaired) electrons. The highest BCUT2D eigenvalue weighted by molar-refractivity contribution is 5.68. The van der Waals surface area contributed by atoms with Crippen molar-refractivity contribution in [1.82, 2.24) is 0 Å². The SMILES string of the molecule is O=C(O)CC1COc2cc(OCc3ccc(O)cc3O)ccc21. The predicted octanol–water partition coefficient (Wildman–Crippen LogP) is 2.63. The van der Waals surface area contributed by atoms with Crippen LogP contribution in [0.5, 0.6) is 23.0 Å². The van der Waals surface area contributed by atoms with Crippen LogP contribution in [0.4, 0.5) is 0 Å². The Morgan fingerprint density at radius 2 is 2.04 bits per heavy atom. The Kier molecular flexibility index (Phi) is 3.97. The zero-order chi connectivity index (χ0) is 16.4. The maximum atomic E-state index is 10.8. The summed E-state index contributed by atoms with van der Waals surface area (Å²) >= 11 is 0. The molecule has 0 fully saturated rings. The molecule has 1 unspecified atom stereocenters. The second-order valence-corrected chi connectivity index (χ2v) is 5.41. The van der Waals surface area contributed by atoms with Crippen LogP contribution in [0.2, 0.25) is 0 Å².